The van der Waals surface area contributed by atoms with Crippen molar-refractivity contribution in [1.29, 1.82) is 0 Å². The fourth-order valence-electron chi connectivity index (χ4n) is 1.90. The van der Waals surface area contributed by atoms with Crippen LogP contribution in [0.2, 0.25) is 0 Å². The molecule has 6 heteroatoms. The average molecular weight is 273 g/mol. The van der Waals surface area contributed by atoms with Gasteiger partial charge in [0.15, 0.2) is 5.82 Å². The van der Waals surface area contributed by atoms with Crippen LogP contribution in [0.3, 0.4) is 0 Å². The van der Waals surface area contributed by atoms with Gasteiger partial charge in [0.2, 0.25) is 0 Å². The van der Waals surface area contributed by atoms with Gasteiger partial charge < -0.3 is 15.0 Å². The van der Waals surface area contributed by atoms with Crippen LogP contribution in [0.15, 0.2) is 35.4 Å². The molecule has 20 heavy (non-hydrogen) atoms. The molecule has 0 bridgehead atoms. The van der Waals surface area contributed by atoms with Crippen molar-refractivity contribution in [1.82, 2.24) is 9.55 Å². The minimum atomic E-state index is -0.972. The first-order valence-corrected chi connectivity index (χ1v) is 6.19. The Bertz CT molecular complexity index is 707. The van der Waals surface area contributed by atoms with E-state index in [1.54, 1.807) is 31.5 Å². The number of aromatic nitrogens is 2. The summed E-state index contributed by atoms with van der Waals surface area (Å²) < 4.78 is 1.54. The number of aryl methyl sites for hydroxylation is 2. The lowest BCUT2D eigenvalue weighted by atomic mass is 10.1. The van der Waals surface area contributed by atoms with Crippen LogP contribution in [0.5, 0.6) is 0 Å². The Morgan fingerprint density at radius 2 is 2.20 bits per heavy atom. The van der Waals surface area contributed by atoms with Crippen molar-refractivity contribution in [2.75, 3.05) is 5.32 Å². The summed E-state index contributed by atoms with van der Waals surface area (Å²) in [5, 5.41) is 11.9. The van der Waals surface area contributed by atoms with Gasteiger partial charge in [0.25, 0.3) is 5.56 Å². The Morgan fingerprint density at radius 1 is 1.45 bits per heavy atom. The Labute approximate surface area is 115 Å². The first-order valence-electron chi connectivity index (χ1n) is 6.19. The van der Waals surface area contributed by atoms with E-state index in [4.69, 9.17) is 5.11 Å². The van der Waals surface area contributed by atoms with E-state index >= 15 is 0 Å². The molecule has 104 valence electrons. The Morgan fingerprint density at radius 3 is 2.80 bits per heavy atom. The third-order valence-electron chi connectivity index (χ3n) is 2.97. The maximum absolute atomic E-state index is 12.0. The molecule has 0 saturated heterocycles. The highest BCUT2D eigenvalue weighted by Gasteiger charge is 2.09. The number of hydrogen-bond acceptors (Lipinski definition) is 4. The fourth-order valence-corrected chi connectivity index (χ4v) is 1.90. The highest BCUT2D eigenvalue weighted by atomic mass is 16.4. The molecule has 1 heterocycles. The highest BCUT2D eigenvalue weighted by molar-refractivity contribution is 5.90. The summed E-state index contributed by atoms with van der Waals surface area (Å²) in [4.78, 5) is 27.0. The first kappa shape index (κ1) is 13.8. The second-order valence-electron chi connectivity index (χ2n) is 4.33. The van der Waals surface area contributed by atoms with Gasteiger partial charge in [-0.25, -0.2) is 9.78 Å². The van der Waals surface area contributed by atoms with Crippen molar-refractivity contribution in [3.63, 3.8) is 0 Å². The number of carboxylic acid groups (broad SMARTS) is 1. The zero-order valence-electron chi connectivity index (χ0n) is 11.3. The molecule has 2 aromatic rings. The molecule has 1 aromatic carbocycles. The topological polar surface area (TPSA) is 84.2 Å². The SMILES string of the molecule is CCn1ccnc(Nc2ccc(C(=O)O)c(C)c2)c1=O. The molecule has 0 amide bonds. The molecule has 0 spiro atoms. The third-order valence-corrected chi connectivity index (χ3v) is 2.97. The Balaban J connectivity index is 2.34. The summed E-state index contributed by atoms with van der Waals surface area (Å²) in [6.45, 7) is 4.14. The summed E-state index contributed by atoms with van der Waals surface area (Å²) in [5.74, 6) is -0.753. The van der Waals surface area contributed by atoms with Gasteiger partial charge >= 0.3 is 5.97 Å². The van der Waals surface area contributed by atoms with Crippen molar-refractivity contribution >= 4 is 17.5 Å². The van der Waals surface area contributed by atoms with Gasteiger partial charge in [-0.1, -0.05) is 0 Å². The van der Waals surface area contributed by atoms with Crippen LogP contribution in [0.1, 0.15) is 22.8 Å². The lowest BCUT2D eigenvalue weighted by molar-refractivity contribution is 0.0696. The van der Waals surface area contributed by atoms with Gasteiger partial charge in [0, 0.05) is 24.6 Å². The van der Waals surface area contributed by atoms with Gasteiger partial charge in [-0.2, -0.15) is 0 Å². The molecule has 0 saturated carbocycles. The van der Waals surface area contributed by atoms with Gasteiger partial charge in [-0.05, 0) is 37.6 Å². The third kappa shape index (κ3) is 2.69. The van der Waals surface area contributed by atoms with Gasteiger partial charge in [-0.3, -0.25) is 4.79 Å². The molecule has 0 aliphatic heterocycles. The number of aromatic carboxylic acids is 1. The van der Waals surface area contributed by atoms with Crippen molar-refractivity contribution in [2.24, 2.45) is 0 Å². The Kier molecular flexibility index (Phi) is 3.84. The van der Waals surface area contributed by atoms with Crippen LogP contribution in [0.4, 0.5) is 11.5 Å². The van der Waals surface area contributed by atoms with Crippen molar-refractivity contribution in [3.05, 3.63) is 52.1 Å². The van der Waals surface area contributed by atoms with E-state index in [0.29, 0.717) is 17.8 Å². The van der Waals surface area contributed by atoms with E-state index in [0.717, 1.165) is 0 Å². The van der Waals surface area contributed by atoms with E-state index in [1.807, 2.05) is 6.92 Å². The van der Waals surface area contributed by atoms with Crippen LogP contribution in [0.25, 0.3) is 0 Å². The molecule has 0 unspecified atom stereocenters. The summed E-state index contributed by atoms with van der Waals surface area (Å²) >= 11 is 0. The van der Waals surface area contributed by atoms with Gasteiger partial charge in [0.1, 0.15) is 0 Å². The number of anilines is 2. The minimum absolute atomic E-state index is 0.213. The standard InChI is InChI=1S/C14H15N3O3/c1-3-17-7-6-15-12(13(17)18)16-10-4-5-11(14(19)20)9(2)8-10/h4-8H,3H2,1-2H3,(H,15,16)(H,19,20). The molecule has 2 N–H and O–H groups in total. The maximum Gasteiger partial charge on any atom is 0.335 e. The first-order chi connectivity index (χ1) is 9.52. The molecule has 0 radical (unpaired) electrons. The summed E-state index contributed by atoms with van der Waals surface area (Å²) in [5.41, 5.74) is 1.28. The van der Waals surface area contributed by atoms with Crippen LogP contribution >= 0.6 is 0 Å². The molecule has 0 fully saturated rings. The molecule has 2 rings (SSSR count). The second-order valence-corrected chi connectivity index (χ2v) is 4.33. The number of nitrogens with zero attached hydrogens (tertiary/aromatic N) is 2. The minimum Gasteiger partial charge on any atom is -0.478 e. The van der Waals surface area contributed by atoms with E-state index in [1.165, 1.54) is 10.6 Å². The van der Waals surface area contributed by atoms with Gasteiger partial charge in [-0.15, -0.1) is 0 Å². The predicted octanol–water partition coefficient (Wildman–Crippen LogP) is 2.01. The molecular formula is C14H15N3O3. The lowest BCUT2D eigenvalue weighted by Gasteiger charge is -2.09. The van der Waals surface area contributed by atoms with Crippen molar-refractivity contribution < 1.29 is 9.90 Å². The summed E-state index contributed by atoms with van der Waals surface area (Å²) in [6, 6.07) is 4.79. The lowest BCUT2D eigenvalue weighted by Crippen LogP contribution is -2.22. The van der Waals surface area contributed by atoms with Crippen molar-refractivity contribution in [3.8, 4) is 0 Å². The largest absolute Gasteiger partial charge is 0.478 e. The van der Waals surface area contributed by atoms with Crippen molar-refractivity contribution in [2.45, 2.75) is 20.4 Å². The molecule has 0 aliphatic carbocycles. The van der Waals surface area contributed by atoms with E-state index in [9.17, 15) is 9.59 Å². The van der Waals surface area contributed by atoms with Crippen LogP contribution in [-0.4, -0.2) is 20.6 Å². The van der Waals surface area contributed by atoms with Crippen LogP contribution < -0.4 is 10.9 Å². The number of carbonyl (C=O) groups is 1. The molecule has 0 atom stereocenters. The highest BCUT2D eigenvalue weighted by Crippen LogP contribution is 2.17. The van der Waals surface area contributed by atoms with E-state index < -0.39 is 5.97 Å². The normalized spacial score (nSPS) is 10.3. The van der Waals surface area contributed by atoms with Crippen LogP contribution in [-0.2, 0) is 6.54 Å². The van der Waals surface area contributed by atoms with E-state index in [-0.39, 0.29) is 16.9 Å². The number of nitrogens with one attached hydrogen (secondary N) is 1. The number of rotatable bonds is 4. The Hall–Kier alpha value is -2.63. The number of hydrogen-bond donors (Lipinski definition) is 2. The summed E-state index contributed by atoms with van der Waals surface area (Å²) in [6.07, 6.45) is 3.16. The second kappa shape index (κ2) is 5.56. The summed E-state index contributed by atoms with van der Waals surface area (Å²) in [7, 11) is 0. The van der Waals surface area contributed by atoms with E-state index in [2.05, 4.69) is 10.3 Å². The molecular weight excluding hydrogens is 258 g/mol. The zero-order valence-corrected chi connectivity index (χ0v) is 11.3. The smallest absolute Gasteiger partial charge is 0.335 e. The molecule has 6 nitrogen and oxygen atoms in total. The monoisotopic (exact) mass is 273 g/mol. The quantitative estimate of drug-likeness (QED) is 0.890. The molecule has 1 aromatic heterocycles. The maximum atomic E-state index is 12.0. The molecule has 0 aliphatic rings. The average Bonchev–Trinajstić information content (AvgIpc) is 2.41. The number of benzene rings is 1. The zero-order chi connectivity index (χ0) is 14.7. The van der Waals surface area contributed by atoms with Gasteiger partial charge in [0.05, 0.1) is 5.56 Å². The fraction of sp³-hybridized carbons (Fsp3) is 0.214. The van der Waals surface area contributed by atoms with Crippen LogP contribution in [0, 0.1) is 6.92 Å². The number of carboxylic acids is 1. The predicted molar refractivity (Wildman–Crippen MR) is 75.6 cm³/mol.